The molecule has 0 spiro atoms. The molecule has 5 nitrogen and oxygen atoms in total. The molecule has 0 saturated carbocycles. The van der Waals surface area contributed by atoms with E-state index in [1.807, 2.05) is 42.5 Å². The molecule has 0 fully saturated rings. The third-order valence-corrected chi connectivity index (χ3v) is 10.6. The molecule has 0 aliphatic rings. The Bertz CT molecular complexity index is 3240. The van der Waals surface area contributed by atoms with Gasteiger partial charge in [0, 0.05) is 49.5 Å². The molecule has 56 heavy (non-hydrogen) atoms. The van der Waals surface area contributed by atoms with E-state index in [1.54, 1.807) is 0 Å². The van der Waals surface area contributed by atoms with Crippen molar-refractivity contribution in [3.8, 4) is 67.5 Å². The number of fused-ring (bicyclic) bond motifs is 6. The molecule has 7 aromatic carbocycles. The fourth-order valence-corrected chi connectivity index (χ4v) is 7.95. The fraction of sp³-hybridized carbons (Fsp3) is 0. The SMILES string of the molecule is c1ccc(-c2cc(-c3cccc(-c4cc5ccccc5c5c(-c6ccccc6)c(-c6ccccc6)nn45)c3)nc(-c3ccc4c(c3)oc3ccccc34)n2)cc1. The molecule has 0 atom stereocenters. The van der Waals surface area contributed by atoms with Crippen LogP contribution in [0, 0.1) is 0 Å². The van der Waals surface area contributed by atoms with Crippen LogP contribution < -0.4 is 0 Å². The van der Waals surface area contributed by atoms with E-state index in [-0.39, 0.29) is 0 Å². The van der Waals surface area contributed by atoms with Crippen molar-refractivity contribution in [3.63, 3.8) is 0 Å². The molecule has 0 radical (unpaired) electrons. The number of hydrogen-bond acceptors (Lipinski definition) is 4. The van der Waals surface area contributed by atoms with Crippen LogP contribution in [0.15, 0.2) is 199 Å². The average molecular weight is 717 g/mol. The second-order valence-electron chi connectivity index (χ2n) is 14.1. The van der Waals surface area contributed by atoms with Gasteiger partial charge in [-0.05, 0) is 47.3 Å². The van der Waals surface area contributed by atoms with Crippen molar-refractivity contribution < 1.29 is 4.42 Å². The molecule has 11 rings (SSSR count). The molecule has 5 heteroatoms. The van der Waals surface area contributed by atoms with Gasteiger partial charge < -0.3 is 4.42 Å². The van der Waals surface area contributed by atoms with E-state index in [1.165, 1.54) is 0 Å². The van der Waals surface area contributed by atoms with Gasteiger partial charge in [-0.25, -0.2) is 14.5 Å². The van der Waals surface area contributed by atoms with E-state index >= 15 is 0 Å². The van der Waals surface area contributed by atoms with Gasteiger partial charge >= 0.3 is 0 Å². The Labute approximate surface area is 322 Å². The van der Waals surface area contributed by atoms with Gasteiger partial charge in [0.1, 0.15) is 16.9 Å². The highest BCUT2D eigenvalue weighted by atomic mass is 16.3. The molecular weight excluding hydrogens is 685 g/mol. The average Bonchev–Trinajstić information content (AvgIpc) is 3.86. The summed E-state index contributed by atoms with van der Waals surface area (Å²) < 4.78 is 8.41. The first-order chi connectivity index (χ1) is 27.7. The monoisotopic (exact) mass is 716 g/mol. The molecule has 262 valence electrons. The van der Waals surface area contributed by atoms with Gasteiger partial charge in [0.25, 0.3) is 0 Å². The van der Waals surface area contributed by atoms with Crippen LogP contribution in [0.4, 0.5) is 0 Å². The first-order valence-electron chi connectivity index (χ1n) is 18.8. The number of hydrogen-bond donors (Lipinski definition) is 0. The quantitative estimate of drug-likeness (QED) is 0.172. The van der Waals surface area contributed by atoms with E-state index in [4.69, 9.17) is 19.5 Å². The van der Waals surface area contributed by atoms with Gasteiger partial charge in [-0.1, -0.05) is 158 Å². The lowest BCUT2D eigenvalue weighted by molar-refractivity contribution is 0.669. The van der Waals surface area contributed by atoms with Crippen molar-refractivity contribution in [2.45, 2.75) is 0 Å². The summed E-state index contributed by atoms with van der Waals surface area (Å²) in [5.74, 6) is 0.634. The smallest absolute Gasteiger partial charge is 0.160 e. The van der Waals surface area contributed by atoms with Gasteiger partial charge in [-0.3, -0.25) is 0 Å². The van der Waals surface area contributed by atoms with E-state index < -0.39 is 0 Å². The first-order valence-corrected chi connectivity index (χ1v) is 18.8. The van der Waals surface area contributed by atoms with Crippen LogP contribution in [0.3, 0.4) is 0 Å². The Morgan fingerprint density at radius 3 is 1.79 bits per heavy atom. The normalized spacial score (nSPS) is 11.6. The zero-order chi connectivity index (χ0) is 37.0. The molecule has 4 heterocycles. The number of pyridine rings is 1. The van der Waals surface area contributed by atoms with Crippen molar-refractivity contribution in [2.24, 2.45) is 0 Å². The molecule has 0 bridgehead atoms. The summed E-state index contributed by atoms with van der Waals surface area (Å²) in [6, 6.07) is 67.3. The van der Waals surface area contributed by atoms with Crippen molar-refractivity contribution in [3.05, 3.63) is 194 Å². The third-order valence-electron chi connectivity index (χ3n) is 10.6. The van der Waals surface area contributed by atoms with Crippen molar-refractivity contribution >= 4 is 38.2 Å². The number of furan rings is 1. The predicted molar refractivity (Wildman–Crippen MR) is 228 cm³/mol. The lowest BCUT2D eigenvalue weighted by Gasteiger charge is -2.13. The highest BCUT2D eigenvalue weighted by molar-refractivity contribution is 6.09. The van der Waals surface area contributed by atoms with E-state index in [0.717, 1.165) is 99.9 Å². The molecule has 0 saturated heterocycles. The summed E-state index contributed by atoms with van der Waals surface area (Å²) in [6.45, 7) is 0. The maximum Gasteiger partial charge on any atom is 0.160 e. The van der Waals surface area contributed by atoms with Crippen molar-refractivity contribution in [2.75, 3.05) is 0 Å². The standard InChI is InChI=1S/C51H32N4O/c1-4-15-33(16-5-1)43-32-44(53-51(52-43)39-27-28-42-41-25-12-13-26-46(41)56-47(42)31-39)37-22-14-23-38(29-37)45-30-36-21-10-11-24-40(36)50-48(34-17-6-2-7-18-34)49(54-55(45)50)35-19-8-3-9-20-35/h1-32H. The van der Waals surface area contributed by atoms with Crippen LogP contribution in [-0.2, 0) is 0 Å². The minimum absolute atomic E-state index is 0.634. The van der Waals surface area contributed by atoms with E-state index in [0.29, 0.717) is 5.82 Å². The van der Waals surface area contributed by atoms with E-state index in [9.17, 15) is 0 Å². The second-order valence-corrected chi connectivity index (χ2v) is 14.1. The Balaban J connectivity index is 1.12. The van der Waals surface area contributed by atoms with Crippen molar-refractivity contribution in [1.82, 2.24) is 19.6 Å². The second kappa shape index (κ2) is 13.0. The summed E-state index contributed by atoms with van der Waals surface area (Å²) in [5.41, 5.74) is 13.6. The lowest BCUT2D eigenvalue weighted by Crippen LogP contribution is -1.98. The van der Waals surface area contributed by atoms with Crippen LogP contribution in [0.25, 0.3) is 106 Å². The third kappa shape index (κ3) is 5.37. The molecule has 0 unspecified atom stereocenters. The summed E-state index contributed by atoms with van der Waals surface area (Å²) in [5, 5.41) is 9.88. The lowest BCUT2D eigenvalue weighted by atomic mass is 9.96. The summed E-state index contributed by atoms with van der Waals surface area (Å²) in [7, 11) is 0. The minimum Gasteiger partial charge on any atom is -0.456 e. The Hall–Kier alpha value is -7.63. The Morgan fingerprint density at radius 2 is 1.00 bits per heavy atom. The molecule has 11 aromatic rings. The predicted octanol–water partition coefficient (Wildman–Crippen LogP) is 13.2. The first kappa shape index (κ1) is 31.9. The van der Waals surface area contributed by atoms with Gasteiger partial charge in [-0.15, -0.1) is 0 Å². The molecule has 0 amide bonds. The van der Waals surface area contributed by atoms with Crippen LogP contribution in [0.2, 0.25) is 0 Å². The van der Waals surface area contributed by atoms with Gasteiger partial charge in [0.2, 0.25) is 0 Å². The Kier molecular flexibility index (Phi) is 7.42. The number of para-hydroxylation sites is 1. The number of benzene rings is 7. The van der Waals surface area contributed by atoms with Crippen LogP contribution >= 0.6 is 0 Å². The van der Waals surface area contributed by atoms with Crippen LogP contribution in [0.1, 0.15) is 0 Å². The molecule has 0 N–H and O–H groups in total. The van der Waals surface area contributed by atoms with Gasteiger partial charge in [0.05, 0.1) is 22.6 Å². The van der Waals surface area contributed by atoms with Crippen molar-refractivity contribution in [1.29, 1.82) is 0 Å². The topological polar surface area (TPSA) is 56.2 Å². The minimum atomic E-state index is 0.634. The Morgan fingerprint density at radius 1 is 0.393 bits per heavy atom. The molecular formula is C51H32N4O. The molecule has 4 aromatic heterocycles. The summed E-state index contributed by atoms with van der Waals surface area (Å²) >= 11 is 0. The van der Waals surface area contributed by atoms with Gasteiger partial charge in [-0.2, -0.15) is 5.10 Å². The van der Waals surface area contributed by atoms with E-state index in [2.05, 4.69) is 156 Å². The zero-order valence-electron chi connectivity index (χ0n) is 30.2. The summed E-state index contributed by atoms with van der Waals surface area (Å²) in [6.07, 6.45) is 0. The maximum absolute atomic E-state index is 6.28. The maximum atomic E-state index is 6.28. The van der Waals surface area contributed by atoms with Crippen LogP contribution in [0.5, 0.6) is 0 Å². The van der Waals surface area contributed by atoms with Gasteiger partial charge in [0.15, 0.2) is 5.82 Å². The number of aromatic nitrogens is 4. The number of rotatable bonds is 6. The largest absolute Gasteiger partial charge is 0.456 e. The van der Waals surface area contributed by atoms with Crippen LogP contribution in [-0.4, -0.2) is 19.6 Å². The fourth-order valence-electron chi connectivity index (χ4n) is 7.95. The highest BCUT2D eigenvalue weighted by Crippen LogP contribution is 2.41. The summed E-state index contributed by atoms with van der Waals surface area (Å²) in [4.78, 5) is 10.3. The molecule has 0 aliphatic carbocycles. The highest BCUT2D eigenvalue weighted by Gasteiger charge is 2.22. The number of nitrogens with zero attached hydrogens (tertiary/aromatic N) is 4. The molecule has 0 aliphatic heterocycles. The zero-order valence-corrected chi connectivity index (χ0v) is 30.2.